The summed E-state index contributed by atoms with van der Waals surface area (Å²) >= 11 is 5.88. The quantitative estimate of drug-likeness (QED) is 0.266. The molecule has 1 heterocycles. The van der Waals surface area contributed by atoms with Crippen molar-refractivity contribution in [1.82, 2.24) is 9.97 Å². The minimum Gasteiger partial charge on any atom is -0.494 e. The first-order valence-corrected chi connectivity index (χ1v) is 11.2. The van der Waals surface area contributed by atoms with Gasteiger partial charge in [0.15, 0.2) is 0 Å². The molecule has 0 saturated heterocycles. The van der Waals surface area contributed by atoms with Crippen molar-refractivity contribution in [3.8, 4) is 5.75 Å². The summed E-state index contributed by atoms with van der Waals surface area (Å²) in [5, 5.41) is 6.63. The van der Waals surface area contributed by atoms with Crippen molar-refractivity contribution in [3.05, 3.63) is 47.5 Å². The summed E-state index contributed by atoms with van der Waals surface area (Å²) in [7, 11) is 2.89. The monoisotopic (exact) mass is 488 g/mol. The van der Waals surface area contributed by atoms with Crippen molar-refractivity contribution >= 4 is 51.6 Å². The van der Waals surface area contributed by atoms with E-state index in [0.29, 0.717) is 53.1 Å². The number of hydrogen-bond acceptors (Lipinski definition) is 7. The van der Waals surface area contributed by atoms with Gasteiger partial charge in [0.05, 0.1) is 30.4 Å². The van der Waals surface area contributed by atoms with E-state index in [0.717, 1.165) is 19.3 Å². The van der Waals surface area contributed by atoms with E-state index in [2.05, 4.69) is 25.3 Å². The van der Waals surface area contributed by atoms with Gasteiger partial charge in [-0.1, -0.05) is 24.4 Å². The van der Waals surface area contributed by atoms with Gasteiger partial charge in [-0.2, -0.15) is 0 Å². The summed E-state index contributed by atoms with van der Waals surface area (Å²) in [5.41, 5.74) is 1.65. The lowest BCUT2D eigenvalue weighted by atomic mass is 10.1. The van der Waals surface area contributed by atoms with Crippen molar-refractivity contribution in [2.75, 3.05) is 24.9 Å². The zero-order valence-corrected chi connectivity index (χ0v) is 19.7. The van der Waals surface area contributed by atoms with Crippen LogP contribution in [0.15, 0.2) is 36.7 Å². The molecule has 180 valence electrons. The maximum atomic E-state index is 13.5. The Hall–Kier alpha value is -3.46. The molecule has 0 radical (unpaired) electrons. The standard InChI is InChI=1S/C24H26ClFN4O4/c1-33-21-13-19-16(24(28-14-27-19)29-15-9-10-18(26)17(25)11-15)12-20(21)30-22(31)7-5-3-4-6-8-23(32)34-2/h9-14H,3-8H2,1-2H3,(H,30,31)(H,27,28,29). The first kappa shape index (κ1) is 25.2. The minimum atomic E-state index is -0.516. The van der Waals surface area contributed by atoms with Gasteiger partial charge in [0.25, 0.3) is 0 Å². The maximum absolute atomic E-state index is 13.5. The molecule has 8 nitrogen and oxygen atoms in total. The Morgan fingerprint density at radius 2 is 1.79 bits per heavy atom. The van der Waals surface area contributed by atoms with E-state index in [1.165, 1.54) is 32.7 Å². The molecule has 0 saturated carbocycles. The molecule has 10 heteroatoms. The Morgan fingerprint density at radius 1 is 1.03 bits per heavy atom. The summed E-state index contributed by atoms with van der Waals surface area (Å²) < 4.78 is 23.5. The van der Waals surface area contributed by atoms with Crippen molar-refractivity contribution in [2.45, 2.75) is 38.5 Å². The van der Waals surface area contributed by atoms with E-state index in [4.69, 9.17) is 16.3 Å². The number of fused-ring (bicyclic) bond motifs is 1. The fourth-order valence-corrected chi connectivity index (χ4v) is 3.56. The fourth-order valence-electron chi connectivity index (χ4n) is 3.38. The molecule has 1 aromatic heterocycles. The van der Waals surface area contributed by atoms with Crippen molar-refractivity contribution in [3.63, 3.8) is 0 Å². The molecule has 0 spiro atoms. The summed E-state index contributed by atoms with van der Waals surface area (Å²) in [6.45, 7) is 0. The predicted octanol–water partition coefficient (Wildman–Crippen LogP) is 5.63. The normalized spacial score (nSPS) is 10.7. The van der Waals surface area contributed by atoms with Gasteiger partial charge in [0.1, 0.15) is 23.7 Å². The molecule has 0 aliphatic rings. The number of carbonyl (C=O) groups excluding carboxylic acids is 2. The third-order valence-corrected chi connectivity index (χ3v) is 5.47. The van der Waals surface area contributed by atoms with Crippen LogP contribution in [0.1, 0.15) is 38.5 Å². The van der Waals surface area contributed by atoms with E-state index >= 15 is 0 Å². The molecular weight excluding hydrogens is 463 g/mol. The van der Waals surface area contributed by atoms with Crippen LogP contribution in [0.4, 0.5) is 21.6 Å². The topological polar surface area (TPSA) is 102 Å². The van der Waals surface area contributed by atoms with Gasteiger partial charge in [0.2, 0.25) is 5.91 Å². The molecule has 34 heavy (non-hydrogen) atoms. The van der Waals surface area contributed by atoms with Gasteiger partial charge < -0.3 is 20.1 Å². The highest BCUT2D eigenvalue weighted by atomic mass is 35.5. The number of unbranched alkanes of at least 4 members (excludes halogenated alkanes) is 3. The lowest BCUT2D eigenvalue weighted by Crippen LogP contribution is -2.12. The van der Waals surface area contributed by atoms with Gasteiger partial charge in [-0.25, -0.2) is 14.4 Å². The number of nitrogens with zero attached hydrogens (tertiary/aromatic N) is 2. The fraction of sp³-hybridized carbons (Fsp3) is 0.333. The molecule has 0 fully saturated rings. The number of methoxy groups -OCH3 is 2. The Bertz CT molecular complexity index is 1180. The summed E-state index contributed by atoms with van der Waals surface area (Å²) in [6, 6.07) is 7.71. The van der Waals surface area contributed by atoms with Crippen LogP contribution in [-0.2, 0) is 14.3 Å². The van der Waals surface area contributed by atoms with E-state index in [1.807, 2.05) is 0 Å². The third-order valence-electron chi connectivity index (χ3n) is 5.18. The molecule has 0 bridgehead atoms. The van der Waals surface area contributed by atoms with Gasteiger partial charge in [-0.05, 0) is 37.1 Å². The number of anilines is 3. The molecule has 2 aromatic carbocycles. The summed E-state index contributed by atoms with van der Waals surface area (Å²) in [6.07, 6.45) is 5.24. The third kappa shape index (κ3) is 6.77. The van der Waals surface area contributed by atoms with E-state index in [1.54, 1.807) is 18.2 Å². The number of ether oxygens (including phenoxy) is 2. The van der Waals surface area contributed by atoms with Crippen LogP contribution in [0.25, 0.3) is 10.9 Å². The number of nitrogens with one attached hydrogen (secondary N) is 2. The molecule has 0 aliphatic heterocycles. The molecule has 0 unspecified atom stereocenters. The van der Waals surface area contributed by atoms with Crippen molar-refractivity contribution in [2.24, 2.45) is 0 Å². The first-order valence-electron chi connectivity index (χ1n) is 10.8. The average molecular weight is 489 g/mol. The molecule has 0 aliphatic carbocycles. The van der Waals surface area contributed by atoms with Gasteiger partial charge in [0, 0.05) is 30.0 Å². The minimum absolute atomic E-state index is 0.0109. The van der Waals surface area contributed by atoms with Crippen molar-refractivity contribution < 1.29 is 23.5 Å². The predicted molar refractivity (Wildman–Crippen MR) is 129 cm³/mol. The lowest BCUT2D eigenvalue weighted by molar-refractivity contribution is -0.140. The average Bonchev–Trinajstić information content (AvgIpc) is 2.83. The highest BCUT2D eigenvalue weighted by Crippen LogP contribution is 2.33. The van der Waals surface area contributed by atoms with Crippen LogP contribution < -0.4 is 15.4 Å². The number of halogens is 2. The lowest BCUT2D eigenvalue weighted by Gasteiger charge is -2.14. The zero-order chi connectivity index (χ0) is 24.5. The molecule has 3 aromatic rings. The van der Waals surface area contributed by atoms with Gasteiger partial charge >= 0.3 is 5.97 Å². The van der Waals surface area contributed by atoms with Crippen LogP contribution in [-0.4, -0.2) is 36.1 Å². The van der Waals surface area contributed by atoms with Gasteiger partial charge in [-0.15, -0.1) is 0 Å². The van der Waals surface area contributed by atoms with Crippen LogP contribution in [0.3, 0.4) is 0 Å². The zero-order valence-electron chi connectivity index (χ0n) is 19.0. The second-order valence-electron chi connectivity index (χ2n) is 7.58. The Balaban J connectivity index is 1.69. The van der Waals surface area contributed by atoms with E-state index in [9.17, 15) is 14.0 Å². The van der Waals surface area contributed by atoms with Crippen molar-refractivity contribution in [1.29, 1.82) is 0 Å². The van der Waals surface area contributed by atoms with E-state index < -0.39 is 5.82 Å². The maximum Gasteiger partial charge on any atom is 0.305 e. The smallest absolute Gasteiger partial charge is 0.305 e. The molecule has 2 N–H and O–H groups in total. The number of carbonyl (C=O) groups is 2. The molecule has 0 atom stereocenters. The Labute approximate surface area is 201 Å². The number of esters is 1. The van der Waals surface area contributed by atoms with Crippen LogP contribution >= 0.6 is 11.6 Å². The summed E-state index contributed by atoms with van der Waals surface area (Å²) in [5.74, 6) is 0.0478. The number of aromatic nitrogens is 2. The second-order valence-corrected chi connectivity index (χ2v) is 7.99. The highest BCUT2D eigenvalue weighted by Gasteiger charge is 2.14. The van der Waals surface area contributed by atoms with E-state index in [-0.39, 0.29) is 16.9 Å². The highest BCUT2D eigenvalue weighted by molar-refractivity contribution is 6.31. The van der Waals surface area contributed by atoms with Crippen LogP contribution in [0, 0.1) is 5.82 Å². The number of hydrogen-bond donors (Lipinski definition) is 2. The SMILES string of the molecule is COC(=O)CCCCCCC(=O)Nc1cc2c(Nc3ccc(F)c(Cl)c3)ncnc2cc1OC. The molecule has 1 amide bonds. The van der Waals surface area contributed by atoms with Crippen LogP contribution in [0.2, 0.25) is 5.02 Å². The Kier molecular flexibility index (Phi) is 8.98. The Morgan fingerprint density at radius 3 is 2.50 bits per heavy atom. The number of amides is 1. The van der Waals surface area contributed by atoms with Gasteiger partial charge in [-0.3, -0.25) is 9.59 Å². The molecule has 3 rings (SSSR count). The van der Waals surface area contributed by atoms with Crippen LogP contribution in [0.5, 0.6) is 5.75 Å². The molecular formula is C24H26ClFN4O4. The summed E-state index contributed by atoms with van der Waals surface area (Å²) in [4.78, 5) is 32.2. The largest absolute Gasteiger partial charge is 0.494 e. The number of rotatable bonds is 11. The number of benzene rings is 2. The first-order chi connectivity index (χ1) is 16.4. The second kappa shape index (κ2) is 12.1.